The SMILES string of the molecule is CC(CN(C)C)NC(=O)N1CCOCC1C(=O)O. The summed E-state index contributed by atoms with van der Waals surface area (Å²) in [4.78, 5) is 26.3. The number of aliphatic carboxylic acids is 1. The van der Waals surface area contributed by atoms with Crippen LogP contribution in [0.5, 0.6) is 0 Å². The second kappa shape index (κ2) is 6.55. The highest BCUT2D eigenvalue weighted by molar-refractivity contribution is 5.83. The Morgan fingerprint density at radius 2 is 2.22 bits per heavy atom. The van der Waals surface area contributed by atoms with E-state index in [0.29, 0.717) is 19.7 Å². The fourth-order valence-corrected chi connectivity index (χ4v) is 1.94. The van der Waals surface area contributed by atoms with Gasteiger partial charge in [-0.2, -0.15) is 0 Å². The number of carbonyl (C=O) groups excluding carboxylic acids is 1. The fraction of sp³-hybridized carbons (Fsp3) is 0.818. The van der Waals surface area contributed by atoms with Gasteiger partial charge in [-0.3, -0.25) is 0 Å². The van der Waals surface area contributed by atoms with Crippen LogP contribution < -0.4 is 5.32 Å². The van der Waals surface area contributed by atoms with Crippen molar-refractivity contribution >= 4 is 12.0 Å². The summed E-state index contributed by atoms with van der Waals surface area (Å²) in [6.07, 6.45) is 0. The van der Waals surface area contributed by atoms with Crippen molar-refractivity contribution in [3.63, 3.8) is 0 Å². The van der Waals surface area contributed by atoms with Crippen molar-refractivity contribution in [2.75, 3.05) is 40.4 Å². The largest absolute Gasteiger partial charge is 0.480 e. The molecule has 104 valence electrons. The molecule has 0 aliphatic carbocycles. The molecule has 0 aromatic rings. The number of hydrogen-bond acceptors (Lipinski definition) is 4. The summed E-state index contributed by atoms with van der Waals surface area (Å²) in [6.45, 7) is 3.31. The second-order valence-electron chi connectivity index (χ2n) is 4.74. The molecule has 7 nitrogen and oxygen atoms in total. The highest BCUT2D eigenvalue weighted by Gasteiger charge is 2.33. The highest BCUT2D eigenvalue weighted by Crippen LogP contribution is 2.07. The second-order valence-corrected chi connectivity index (χ2v) is 4.74. The third kappa shape index (κ3) is 4.15. The Morgan fingerprint density at radius 3 is 2.78 bits per heavy atom. The molecule has 1 rings (SSSR count). The van der Waals surface area contributed by atoms with Gasteiger partial charge in [0, 0.05) is 19.1 Å². The minimum absolute atomic E-state index is 0.0372. The van der Waals surface area contributed by atoms with E-state index < -0.39 is 12.0 Å². The molecule has 1 aliphatic rings. The summed E-state index contributed by atoms with van der Waals surface area (Å²) in [6, 6.07) is -1.28. The molecule has 0 radical (unpaired) electrons. The number of ether oxygens (including phenoxy) is 1. The monoisotopic (exact) mass is 259 g/mol. The fourth-order valence-electron chi connectivity index (χ4n) is 1.94. The van der Waals surface area contributed by atoms with Crippen molar-refractivity contribution in [1.29, 1.82) is 0 Å². The number of urea groups is 1. The van der Waals surface area contributed by atoms with Gasteiger partial charge in [-0.1, -0.05) is 0 Å². The summed E-state index contributed by atoms with van der Waals surface area (Å²) in [5.41, 5.74) is 0. The van der Waals surface area contributed by atoms with Gasteiger partial charge in [-0.15, -0.1) is 0 Å². The van der Waals surface area contributed by atoms with E-state index >= 15 is 0 Å². The lowest BCUT2D eigenvalue weighted by atomic mass is 10.2. The molecule has 1 aliphatic heterocycles. The van der Waals surface area contributed by atoms with Gasteiger partial charge in [0.15, 0.2) is 6.04 Å². The van der Waals surface area contributed by atoms with Crippen LogP contribution in [0.3, 0.4) is 0 Å². The molecule has 18 heavy (non-hydrogen) atoms. The average molecular weight is 259 g/mol. The molecule has 1 fully saturated rings. The zero-order valence-electron chi connectivity index (χ0n) is 11.0. The molecule has 0 aromatic heterocycles. The van der Waals surface area contributed by atoms with Crippen molar-refractivity contribution < 1.29 is 19.4 Å². The number of hydrogen-bond donors (Lipinski definition) is 2. The predicted octanol–water partition coefficient (Wildman–Crippen LogP) is -0.568. The summed E-state index contributed by atoms with van der Waals surface area (Å²) >= 11 is 0. The van der Waals surface area contributed by atoms with Crippen LogP contribution in [0.4, 0.5) is 4.79 Å². The van der Waals surface area contributed by atoms with Crippen molar-refractivity contribution in [2.24, 2.45) is 0 Å². The Morgan fingerprint density at radius 1 is 1.56 bits per heavy atom. The van der Waals surface area contributed by atoms with Gasteiger partial charge >= 0.3 is 12.0 Å². The third-order valence-electron chi connectivity index (χ3n) is 2.68. The van der Waals surface area contributed by atoms with Gasteiger partial charge in [-0.05, 0) is 21.0 Å². The van der Waals surface area contributed by atoms with Gasteiger partial charge in [0.05, 0.1) is 13.2 Å². The lowest BCUT2D eigenvalue weighted by Gasteiger charge is -2.34. The third-order valence-corrected chi connectivity index (χ3v) is 2.68. The van der Waals surface area contributed by atoms with Gasteiger partial charge in [0.25, 0.3) is 0 Å². The number of carbonyl (C=O) groups is 2. The maximum absolute atomic E-state index is 12.0. The summed E-state index contributed by atoms with van der Waals surface area (Å²) in [5.74, 6) is -1.04. The van der Waals surface area contributed by atoms with Crippen LogP contribution in [0.2, 0.25) is 0 Å². The quantitative estimate of drug-likeness (QED) is 0.706. The number of carboxylic acids is 1. The predicted molar refractivity (Wildman–Crippen MR) is 65.5 cm³/mol. The van der Waals surface area contributed by atoms with Crippen LogP contribution in [0, 0.1) is 0 Å². The zero-order valence-corrected chi connectivity index (χ0v) is 11.0. The van der Waals surface area contributed by atoms with Gasteiger partial charge in [0.2, 0.25) is 0 Å². The average Bonchev–Trinajstić information content (AvgIpc) is 2.27. The number of nitrogens with one attached hydrogen (secondary N) is 1. The molecule has 2 amide bonds. The number of rotatable bonds is 4. The molecule has 0 spiro atoms. The first-order chi connectivity index (χ1) is 8.41. The first kappa shape index (κ1) is 14.7. The summed E-state index contributed by atoms with van der Waals surface area (Å²) in [7, 11) is 3.83. The van der Waals surface area contributed by atoms with Crippen LogP contribution in [0.1, 0.15) is 6.92 Å². The Kier molecular flexibility index (Phi) is 5.36. The Bertz CT molecular complexity index is 309. The van der Waals surface area contributed by atoms with E-state index in [1.807, 2.05) is 25.9 Å². The molecule has 1 saturated heterocycles. The van der Waals surface area contributed by atoms with Gasteiger partial charge in [-0.25, -0.2) is 9.59 Å². The van der Waals surface area contributed by atoms with Crippen molar-refractivity contribution in [1.82, 2.24) is 15.1 Å². The molecule has 7 heteroatoms. The Hall–Kier alpha value is -1.34. The lowest BCUT2D eigenvalue weighted by molar-refractivity contribution is -0.147. The van der Waals surface area contributed by atoms with Crippen LogP contribution >= 0.6 is 0 Å². The van der Waals surface area contributed by atoms with Gasteiger partial charge < -0.3 is 25.0 Å². The molecule has 1 heterocycles. The lowest BCUT2D eigenvalue weighted by Crippen LogP contribution is -2.57. The molecule has 2 atom stereocenters. The van der Waals surface area contributed by atoms with Crippen molar-refractivity contribution in [3.05, 3.63) is 0 Å². The van der Waals surface area contributed by atoms with Crippen molar-refractivity contribution in [2.45, 2.75) is 19.0 Å². The van der Waals surface area contributed by atoms with E-state index in [4.69, 9.17) is 9.84 Å². The molecule has 2 N–H and O–H groups in total. The smallest absolute Gasteiger partial charge is 0.328 e. The first-order valence-electron chi connectivity index (χ1n) is 5.94. The van der Waals surface area contributed by atoms with Crippen LogP contribution in [0.15, 0.2) is 0 Å². The standard InChI is InChI=1S/C11H21N3O4/c1-8(6-13(2)3)12-11(17)14-4-5-18-7-9(14)10(15)16/h8-9H,4-7H2,1-3H3,(H,12,17)(H,15,16). The normalized spacial score (nSPS) is 21.8. The van der Waals surface area contributed by atoms with E-state index in [0.717, 1.165) is 0 Å². The highest BCUT2D eigenvalue weighted by atomic mass is 16.5. The van der Waals surface area contributed by atoms with E-state index in [2.05, 4.69) is 5.32 Å². The van der Waals surface area contributed by atoms with Crippen LogP contribution in [0.25, 0.3) is 0 Å². The first-order valence-corrected chi connectivity index (χ1v) is 5.94. The molecule has 2 unspecified atom stereocenters. The maximum Gasteiger partial charge on any atom is 0.328 e. The number of carboxylic acid groups (broad SMARTS) is 1. The molecular formula is C11H21N3O4. The minimum atomic E-state index is -1.04. The molecule has 0 aromatic carbocycles. The number of nitrogens with zero attached hydrogens (tertiary/aromatic N) is 2. The van der Waals surface area contributed by atoms with Crippen LogP contribution in [-0.2, 0) is 9.53 Å². The summed E-state index contributed by atoms with van der Waals surface area (Å²) in [5, 5.41) is 11.8. The summed E-state index contributed by atoms with van der Waals surface area (Å²) < 4.78 is 5.08. The number of morpholine rings is 1. The molecule has 0 bridgehead atoms. The van der Waals surface area contributed by atoms with Crippen molar-refractivity contribution in [3.8, 4) is 0 Å². The molecule has 0 saturated carbocycles. The van der Waals surface area contributed by atoms with Crippen LogP contribution in [-0.4, -0.2) is 79.4 Å². The topological polar surface area (TPSA) is 82.1 Å². The number of amides is 2. The van der Waals surface area contributed by atoms with E-state index in [1.165, 1.54) is 4.90 Å². The Balaban J connectivity index is 2.55. The van der Waals surface area contributed by atoms with E-state index in [9.17, 15) is 9.59 Å². The molecular weight excluding hydrogens is 238 g/mol. The minimum Gasteiger partial charge on any atom is -0.480 e. The van der Waals surface area contributed by atoms with Gasteiger partial charge in [0.1, 0.15) is 0 Å². The van der Waals surface area contributed by atoms with E-state index in [1.54, 1.807) is 0 Å². The zero-order chi connectivity index (χ0) is 13.7. The maximum atomic E-state index is 12.0. The van der Waals surface area contributed by atoms with E-state index in [-0.39, 0.29) is 18.7 Å². The Labute approximate surface area is 107 Å². The number of likely N-dealkylation sites (N-methyl/N-ethyl adjacent to an activating group) is 1.